The molecule has 0 spiro atoms. The fourth-order valence-corrected chi connectivity index (χ4v) is 8.06. The Morgan fingerprint density at radius 3 is 1.27 bits per heavy atom. The molecule has 0 aliphatic heterocycles. The zero-order valence-corrected chi connectivity index (χ0v) is 30.8. The van der Waals surface area contributed by atoms with Crippen LogP contribution in [0.25, 0.3) is 72.0 Å². The molecule has 0 atom stereocenters. The number of benzene rings is 9. The molecule has 0 aliphatic carbocycles. The molecule has 0 radical (unpaired) electrons. The summed E-state index contributed by atoms with van der Waals surface area (Å²) in [6.45, 7) is 0. The Morgan fingerprint density at radius 2 is 0.696 bits per heavy atom. The molecule has 0 saturated heterocycles. The smallest absolute Gasteiger partial charge is 0.0541 e. The van der Waals surface area contributed by atoms with E-state index in [2.05, 4.69) is 240 Å². The number of fused-ring (bicyclic) bond motifs is 3. The predicted octanol–water partition coefficient (Wildman–Crippen LogP) is 14.9. The molecule has 0 saturated carbocycles. The van der Waals surface area contributed by atoms with Crippen molar-refractivity contribution in [3.63, 3.8) is 0 Å². The lowest BCUT2D eigenvalue weighted by Crippen LogP contribution is -2.11. The molecule has 0 N–H and O–H groups in total. The van der Waals surface area contributed by atoms with Gasteiger partial charge in [0.25, 0.3) is 0 Å². The van der Waals surface area contributed by atoms with Crippen molar-refractivity contribution in [2.75, 3.05) is 4.90 Å². The number of rotatable bonds is 8. The Bertz CT molecular complexity index is 2910. The van der Waals surface area contributed by atoms with E-state index in [0.717, 1.165) is 22.7 Å². The van der Waals surface area contributed by atoms with Crippen LogP contribution in [-0.2, 0) is 0 Å². The summed E-state index contributed by atoms with van der Waals surface area (Å²) in [6.07, 6.45) is 0. The average molecular weight is 715 g/mol. The van der Waals surface area contributed by atoms with Gasteiger partial charge in [-0.2, -0.15) is 0 Å². The van der Waals surface area contributed by atoms with E-state index in [1.165, 1.54) is 66.3 Å². The highest BCUT2D eigenvalue weighted by Gasteiger charge is 2.19. The zero-order valence-electron chi connectivity index (χ0n) is 30.8. The topological polar surface area (TPSA) is 8.17 Å². The Balaban J connectivity index is 1.08. The quantitative estimate of drug-likeness (QED) is 0.152. The SMILES string of the molecule is c1ccc(-c2ccc(-c3ccc(N(c4ccc(-c5ccccc5)cc4)c4ccccc4-c4ccc5c(c4)c4ccccc4n5-c4ccccc4)cc3)cc2)cc1. The molecule has 1 heterocycles. The lowest BCUT2D eigenvalue weighted by molar-refractivity contribution is 1.18. The summed E-state index contributed by atoms with van der Waals surface area (Å²) >= 11 is 0. The van der Waals surface area contributed by atoms with Gasteiger partial charge >= 0.3 is 0 Å². The third-order valence-corrected chi connectivity index (χ3v) is 10.8. The van der Waals surface area contributed by atoms with Gasteiger partial charge in [0.2, 0.25) is 0 Å². The molecule has 0 unspecified atom stereocenters. The molecule has 0 fully saturated rings. The van der Waals surface area contributed by atoms with E-state index in [1.54, 1.807) is 0 Å². The molecule has 56 heavy (non-hydrogen) atoms. The summed E-state index contributed by atoms with van der Waals surface area (Å²) in [5.74, 6) is 0. The highest BCUT2D eigenvalue weighted by Crippen LogP contribution is 2.43. The summed E-state index contributed by atoms with van der Waals surface area (Å²) in [4.78, 5) is 2.39. The van der Waals surface area contributed by atoms with Gasteiger partial charge in [0.15, 0.2) is 0 Å². The van der Waals surface area contributed by atoms with Gasteiger partial charge in [0, 0.05) is 33.4 Å². The third kappa shape index (κ3) is 6.14. The van der Waals surface area contributed by atoms with Crippen LogP contribution in [0.1, 0.15) is 0 Å². The highest BCUT2D eigenvalue weighted by atomic mass is 15.1. The van der Waals surface area contributed by atoms with E-state index in [4.69, 9.17) is 0 Å². The molecule has 10 rings (SSSR count). The highest BCUT2D eigenvalue weighted by molar-refractivity contribution is 6.11. The largest absolute Gasteiger partial charge is 0.310 e. The van der Waals surface area contributed by atoms with Gasteiger partial charge in [-0.1, -0.05) is 170 Å². The molecule has 1 aromatic heterocycles. The molecule has 2 heteroatoms. The Hall–Kier alpha value is -7.42. The molecule has 0 bridgehead atoms. The number of hydrogen-bond donors (Lipinski definition) is 0. The van der Waals surface area contributed by atoms with Gasteiger partial charge in [0.1, 0.15) is 0 Å². The normalized spacial score (nSPS) is 11.2. The van der Waals surface area contributed by atoms with Crippen LogP contribution in [0.4, 0.5) is 17.1 Å². The molecule has 0 aliphatic rings. The molecular formula is C54H38N2. The minimum atomic E-state index is 1.09. The van der Waals surface area contributed by atoms with Crippen molar-refractivity contribution < 1.29 is 0 Å². The van der Waals surface area contributed by atoms with Crippen molar-refractivity contribution >= 4 is 38.9 Å². The first kappa shape index (κ1) is 33.2. The van der Waals surface area contributed by atoms with Crippen molar-refractivity contribution in [3.8, 4) is 50.2 Å². The molecular weight excluding hydrogens is 677 g/mol. The van der Waals surface area contributed by atoms with E-state index in [1.807, 2.05) is 0 Å². The summed E-state index contributed by atoms with van der Waals surface area (Å²) in [5, 5.41) is 2.48. The van der Waals surface area contributed by atoms with E-state index < -0.39 is 0 Å². The van der Waals surface area contributed by atoms with Crippen LogP contribution in [0.2, 0.25) is 0 Å². The number of nitrogens with zero attached hydrogens (tertiary/aromatic N) is 2. The van der Waals surface area contributed by atoms with Crippen LogP contribution >= 0.6 is 0 Å². The molecule has 9 aromatic carbocycles. The molecule has 0 amide bonds. The fraction of sp³-hybridized carbons (Fsp3) is 0. The Morgan fingerprint density at radius 1 is 0.286 bits per heavy atom. The van der Waals surface area contributed by atoms with Crippen molar-refractivity contribution in [1.82, 2.24) is 4.57 Å². The average Bonchev–Trinajstić information content (AvgIpc) is 3.62. The van der Waals surface area contributed by atoms with E-state index in [0.29, 0.717) is 0 Å². The van der Waals surface area contributed by atoms with Crippen molar-refractivity contribution in [2.24, 2.45) is 0 Å². The first-order chi connectivity index (χ1) is 27.8. The minimum Gasteiger partial charge on any atom is -0.310 e. The van der Waals surface area contributed by atoms with Crippen molar-refractivity contribution in [1.29, 1.82) is 0 Å². The standard InChI is InChI=1S/C54H38N2/c1-4-14-39(15-5-1)41-24-26-42(27-25-41)44-30-35-48(36-31-44)55(47-33-28-43(29-34-47)40-16-6-2-7-17-40)52-22-12-10-20-49(52)45-32-37-54-51(38-45)50-21-11-13-23-53(50)56(54)46-18-8-3-9-19-46/h1-38H. The van der Waals surface area contributed by atoms with Crippen LogP contribution in [0, 0.1) is 0 Å². The molecule has 2 nitrogen and oxygen atoms in total. The summed E-state index contributed by atoms with van der Waals surface area (Å²) < 4.78 is 2.37. The fourth-order valence-electron chi connectivity index (χ4n) is 8.06. The van der Waals surface area contributed by atoms with Crippen LogP contribution in [-0.4, -0.2) is 4.57 Å². The van der Waals surface area contributed by atoms with E-state index in [9.17, 15) is 0 Å². The number of aromatic nitrogens is 1. The second-order valence-electron chi connectivity index (χ2n) is 14.2. The van der Waals surface area contributed by atoms with Crippen molar-refractivity contribution in [2.45, 2.75) is 0 Å². The van der Waals surface area contributed by atoms with Crippen LogP contribution < -0.4 is 4.90 Å². The number of anilines is 3. The minimum absolute atomic E-state index is 1.09. The van der Waals surface area contributed by atoms with Crippen molar-refractivity contribution in [3.05, 3.63) is 231 Å². The van der Waals surface area contributed by atoms with Gasteiger partial charge in [-0.05, 0) is 99.6 Å². The first-order valence-corrected chi connectivity index (χ1v) is 19.2. The number of hydrogen-bond acceptors (Lipinski definition) is 1. The van der Waals surface area contributed by atoms with Gasteiger partial charge < -0.3 is 9.47 Å². The molecule has 264 valence electrons. The van der Waals surface area contributed by atoms with E-state index >= 15 is 0 Å². The number of para-hydroxylation sites is 3. The second kappa shape index (κ2) is 14.4. The van der Waals surface area contributed by atoms with Crippen LogP contribution in [0.5, 0.6) is 0 Å². The maximum absolute atomic E-state index is 2.39. The zero-order chi connectivity index (χ0) is 37.3. The summed E-state index contributed by atoms with van der Waals surface area (Å²) in [5.41, 5.74) is 16.4. The molecule has 10 aromatic rings. The van der Waals surface area contributed by atoms with Gasteiger partial charge in [-0.15, -0.1) is 0 Å². The Labute approximate surface area is 327 Å². The third-order valence-electron chi connectivity index (χ3n) is 10.8. The Kier molecular flexibility index (Phi) is 8.55. The van der Waals surface area contributed by atoms with E-state index in [-0.39, 0.29) is 0 Å². The monoisotopic (exact) mass is 714 g/mol. The maximum atomic E-state index is 2.39. The van der Waals surface area contributed by atoms with Crippen LogP contribution in [0.3, 0.4) is 0 Å². The summed E-state index contributed by atoms with van der Waals surface area (Å²) in [6, 6.07) is 83.0. The first-order valence-electron chi connectivity index (χ1n) is 19.2. The second-order valence-corrected chi connectivity index (χ2v) is 14.2. The van der Waals surface area contributed by atoms with Gasteiger partial charge in [0.05, 0.1) is 16.7 Å². The lowest BCUT2D eigenvalue weighted by atomic mass is 9.98. The maximum Gasteiger partial charge on any atom is 0.0541 e. The lowest BCUT2D eigenvalue weighted by Gasteiger charge is -2.28. The van der Waals surface area contributed by atoms with Crippen LogP contribution in [0.15, 0.2) is 231 Å². The van der Waals surface area contributed by atoms with Gasteiger partial charge in [-0.3, -0.25) is 0 Å². The predicted molar refractivity (Wildman–Crippen MR) is 237 cm³/mol. The van der Waals surface area contributed by atoms with Gasteiger partial charge in [-0.25, -0.2) is 0 Å². The summed E-state index contributed by atoms with van der Waals surface area (Å²) in [7, 11) is 0.